The maximum atomic E-state index is 4.21. The molecule has 3 rings (SSSR count). The molecule has 2 heterocycles. The van der Waals surface area contributed by atoms with Crippen molar-refractivity contribution in [2.45, 2.75) is 26.1 Å². The first-order chi connectivity index (χ1) is 10.3. The van der Waals surface area contributed by atoms with E-state index in [0.717, 1.165) is 18.8 Å². The zero-order chi connectivity index (χ0) is 14.5. The molecule has 21 heavy (non-hydrogen) atoms. The van der Waals surface area contributed by atoms with Crippen molar-refractivity contribution >= 4 is 0 Å². The number of benzene rings is 1. The van der Waals surface area contributed by atoms with Gasteiger partial charge in [-0.3, -0.25) is 4.68 Å². The van der Waals surface area contributed by atoms with E-state index >= 15 is 0 Å². The molecule has 1 N–H and O–H groups in total. The molecule has 0 fully saturated rings. The Bertz CT molecular complexity index is 642. The molecule has 0 aliphatic rings. The van der Waals surface area contributed by atoms with Crippen LogP contribution in [0, 0.1) is 0 Å². The maximum absolute atomic E-state index is 4.21. The zero-order valence-corrected chi connectivity index (χ0v) is 11.9. The second kappa shape index (κ2) is 6.32. The number of nitrogens with zero attached hydrogens (tertiary/aromatic N) is 5. The summed E-state index contributed by atoms with van der Waals surface area (Å²) in [6.07, 6.45) is 7.01. The highest BCUT2D eigenvalue weighted by molar-refractivity contribution is 5.33. The van der Waals surface area contributed by atoms with Gasteiger partial charge in [-0.05, 0) is 30.7 Å². The summed E-state index contributed by atoms with van der Waals surface area (Å²) < 4.78 is 3.68. The molecule has 2 aromatic heterocycles. The molecule has 0 amide bonds. The van der Waals surface area contributed by atoms with Crippen LogP contribution < -0.4 is 5.32 Å². The lowest BCUT2D eigenvalue weighted by atomic mass is 10.2. The van der Waals surface area contributed by atoms with E-state index in [1.807, 2.05) is 29.1 Å². The molecule has 0 spiro atoms. The number of hydrogen-bond acceptors (Lipinski definition) is 4. The SMILES string of the molecule is C[C@@H](Cn1cccn1)NCc1ccc(-n2cncn2)cc1. The fourth-order valence-corrected chi connectivity index (χ4v) is 2.15. The predicted octanol–water partition coefficient (Wildman–Crippen LogP) is 1.64. The van der Waals surface area contributed by atoms with Gasteiger partial charge in [-0.2, -0.15) is 10.2 Å². The van der Waals surface area contributed by atoms with Crippen molar-refractivity contribution in [1.82, 2.24) is 29.9 Å². The summed E-state index contributed by atoms with van der Waals surface area (Å²) in [7, 11) is 0. The Kier molecular flexibility index (Phi) is 4.07. The first kappa shape index (κ1) is 13.5. The Hall–Kier alpha value is -2.47. The molecule has 3 aromatic rings. The average Bonchev–Trinajstić information content (AvgIpc) is 3.19. The molecular weight excluding hydrogens is 264 g/mol. The lowest BCUT2D eigenvalue weighted by Crippen LogP contribution is -2.30. The summed E-state index contributed by atoms with van der Waals surface area (Å²) in [6, 6.07) is 10.6. The highest BCUT2D eigenvalue weighted by Gasteiger charge is 2.03. The van der Waals surface area contributed by atoms with Crippen molar-refractivity contribution < 1.29 is 0 Å². The summed E-state index contributed by atoms with van der Waals surface area (Å²) in [5.41, 5.74) is 2.26. The lowest BCUT2D eigenvalue weighted by Gasteiger charge is -2.14. The third-order valence-corrected chi connectivity index (χ3v) is 3.29. The molecule has 1 atom stereocenters. The second-order valence-corrected chi connectivity index (χ2v) is 5.02. The van der Waals surface area contributed by atoms with Gasteiger partial charge in [0.15, 0.2) is 0 Å². The fraction of sp³-hybridized carbons (Fsp3) is 0.267. The van der Waals surface area contributed by atoms with E-state index in [1.54, 1.807) is 17.2 Å². The number of nitrogens with one attached hydrogen (secondary N) is 1. The van der Waals surface area contributed by atoms with Crippen LogP contribution >= 0.6 is 0 Å². The van der Waals surface area contributed by atoms with Crippen LogP contribution in [-0.4, -0.2) is 30.6 Å². The minimum Gasteiger partial charge on any atom is -0.308 e. The molecule has 6 nitrogen and oxygen atoms in total. The summed E-state index contributed by atoms with van der Waals surface area (Å²) in [6.45, 7) is 3.86. The number of hydrogen-bond donors (Lipinski definition) is 1. The molecule has 108 valence electrons. The standard InChI is InChI=1S/C15H18N6/c1-13(10-20-8-2-7-18-20)17-9-14-3-5-15(6-4-14)21-12-16-11-19-21/h2-8,11-13,17H,9-10H2,1H3/t13-/m0/s1. The van der Waals surface area contributed by atoms with E-state index in [2.05, 4.69) is 39.6 Å². The summed E-state index contributed by atoms with van der Waals surface area (Å²) in [5, 5.41) is 11.8. The first-order valence-corrected chi connectivity index (χ1v) is 6.96. The average molecular weight is 282 g/mol. The molecule has 0 bridgehead atoms. The Morgan fingerprint density at radius 3 is 2.71 bits per heavy atom. The molecule has 0 aliphatic heterocycles. The van der Waals surface area contributed by atoms with Crippen molar-refractivity contribution in [3.05, 3.63) is 60.9 Å². The van der Waals surface area contributed by atoms with Crippen LogP contribution in [0.25, 0.3) is 5.69 Å². The van der Waals surface area contributed by atoms with Gasteiger partial charge in [0.25, 0.3) is 0 Å². The molecule has 0 aliphatic carbocycles. The van der Waals surface area contributed by atoms with Crippen LogP contribution in [0.2, 0.25) is 0 Å². The third-order valence-electron chi connectivity index (χ3n) is 3.29. The van der Waals surface area contributed by atoms with Crippen LogP contribution in [0.5, 0.6) is 0 Å². The normalized spacial score (nSPS) is 12.4. The van der Waals surface area contributed by atoms with Crippen LogP contribution in [0.4, 0.5) is 0 Å². The van der Waals surface area contributed by atoms with E-state index in [-0.39, 0.29) is 0 Å². The second-order valence-electron chi connectivity index (χ2n) is 5.02. The van der Waals surface area contributed by atoms with Gasteiger partial charge < -0.3 is 5.32 Å². The maximum Gasteiger partial charge on any atom is 0.138 e. The van der Waals surface area contributed by atoms with Gasteiger partial charge in [0.05, 0.1) is 12.2 Å². The van der Waals surface area contributed by atoms with Crippen LogP contribution in [0.3, 0.4) is 0 Å². The molecule has 0 saturated carbocycles. The highest BCUT2D eigenvalue weighted by Crippen LogP contribution is 2.08. The Morgan fingerprint density at radius 1 is 1.19 bits per heavy atom. The zero-order valence-electron chi connectivity index (χ0n) is 11.9. The van der Waals surface area contributed by atoms with E-state index in [4.69, 9.17) is 0 Å². The molecule has 6 heteroatoms. The van der Waals surface area contributed by atoms with E-state index in [1.165, 1.54) is 11.9 Å². The van der Waals surface area contributed by atoms with Gasteiger partial charge in [0.2, 0.25) is 0 Å². The third kappa shape index (κ3) is 3.55. The molecular formula is C15H18N6. The minimum atomic E-state index is 0.361. The minimum absolute atomic E-state index is 0.361. The highest BCUT2D eigenvalue weighted by atomic mass is 15.3. The first-order valence-electron chi connectivity index (χ1n) is 6.96. The van der Waals surface area contributed by atoms with Crippen molar-refractivity contribution in [3.8, 4) is 5.69 Å². The molecule has 0 radical (unpaired) electrons. The largest absolute Gasteiger partial charge is 0.308 e. The van der Waals surface area contributed by atoms with E-state index in [0.29, 0.717) is 6.04 Å². The van der Waals surface area contributed by atoms with Crippen molar-refractivity contribution in [2.24, 2.45) is 0 Å². The summed E-state index contributed by atoms with van der Waals surface area (Å²) >= 11 is 0. The smallest absolute Gasteiger partial charge is 0.138 e. The summed E-state index contributed by atoms with van der Waals surface area (Å²) in [4.78, 5) is 3.95. The molecule has 0 unspecified atom stereocenters. The monoisotopic (exact) mass is 282 g/mol. The Labute approximate surface area is 123 Å². The molecule has 0 saturated heterocycles. The van der Waals surface area contributed by atoms with Crippen molar-refractivity contribution in [3.63, 3.8) is 0 Å². The van der Waals surface area contributed by atoms with Gasteiger partial charge in [-0.25, -0.2) is 9.67 Å². The van der Waals surface area contributed by atoms with Gasteiger partial charge in [0.1, 0.15) is 12.7 Å². The molecule has 1 aromatic carbocycles. The van der Waals surface area contributed by atoms with E-state index < -0.39 is 0 Å². The van der Waals surface area contributed by atoms with Crippen molar-refractivity contribution in [2.75, 3.05) is 0 Å². The topological polar surface area (TPSA) is 60.6 Å². The van der Waals surface area contributed by atoms with Gasteiger partial charge in [-0.15, -0.1) is 0 Å². The Morgan fingerprint density at radius 2 is 2.05 bits per heavy atom. The Balaban J connectivity index is 1.53. The van der Waals surface area contributed by atoms with Gasteiger partial charge >= 0.3 is 0 Å². The van der Waals surface area contributed by atoms with Crippen molar-refractivity contribution in [1.29, 1.82) is 0 Å². The van der Waals surface area contributed by atoms with Gasteiger partial charge in [0, 0.05) is 25.0 Å². The quantitative estimate of drug-likeness (QED) is 0.746. The fourth-order valence-electron chi connectivity index (χ4n) is 2.15. The van der Waals surface area contributed by atoms with Crippen LogP contribution in [0.1, 0.15) is 12.5 Å². The number of aromatic nitrogens is 5. The summed E-state index contributed by atoms with van der Waals surface area (Å²) in [5.74, 6) is 0. The van der Waals surface area contributed by atoms with Crippen LogP contribution in [0.15, 0.2) is 55.4 Å². The number of rotatable bonds is 6. The van der Waals surface area contributed by atoms with Crippen LogP contribution in [-0.2, 0) is 13.1 Å². The lowest BCUT2D eigenvalue weighted by molar-refractivity contribution is 0.451. The van der Waals surface area contributed by atoms with Gasteiger partial charge in [-0.1, -0.05) is 12.1 Å². The van der Waals surface area contributed by atoms with E-state index in [9.17, 15) is 0 Å². The predicted molar refractivity (Wildman–Crippen MR) is 79.9 cm³/mol.